The van der Waals surface area contributed by atoms with Crippen molar-refractivity contribution >= 4 is 22.7 Å². The van der Waals surface area contributed by atoms with Crippen LogP contribution in [-0.4, -0.2) is 41.6 Å². The van der Waals surface area contributed by atoms with Crippen LogP contribution in [0.1, 0.15) is 44.5 Å². The van der Waals surface area contributed by atoms with Crippen LogP contribution in [0.3, 0.4) is 0 Å². The monoisotopic (exact) mass is 499 g/mol. The Morgan fingerprint density at radius 1 is 1.16 bits per heavy atom. The molecule has 5 rings (SSSR count). The van der Waals surface area contributed by atoms with Gasteiger partial charge in [0.1, 0.15) is 5.39 Å². The Labute approximate surface area is 215 Å². The molecule has 0 fully saturated rings. The summed E-state index contributed by atoms with van der Waals surface area (Å²) < 4.78 is 3.35. The van der Waals surface area contributed by atoms with Crippen molar-refractivity contribution in [2.45, 2.75) is 58.2 Å². The quantitative estimate of drug-likeness (QED) is 0.333. The van der Waals surface area contributed by atoms with Crippen molar-refractivity contribution < 1.29 is 5.11 Å². The Bertz CT molecular complexity index is 1540. The predicted molar refractivity (Wildman–Crippen MR) is 146 cm³/mol. The molecule has 9 nitrogen and oxygen atoms in total. The normalized spacial score (nSPS) is 14.0. The summed E-state index contributed by atoms with van der Waals surface area (Å²) in [7, 11) is 0. The zero-order chi connectivity index (χ0) is 26.4. The van der Waals surface area contributed by atoms with Crippen LogP contribution in [0.15, 0.2) is 60.2 Å². The summed E-state index contributed by atoms with van der Waals surface area (Å²) in [5, 5.41) is 17.9. The van der Waals surface area contributed by atoms with Crippen molar-refractivity contribution in [3.8, 4) is 5.69 Å². The largest absolute Gasteiger partial charge is 0.390 e. The summed E-state index contributed by atoms with van der Waals surface area (Å²) in [5.41, 5.74) is 3.51. The van der Waals surface area contributed by atoms with Gasteiger partial charge in [-0.25, -0.2) is 14.3 Å². The molecule has 3 aromatic heterocycles. The van der Waals surface area contributed by atoms with Crippen LogP contribution < -0.4 is 16.2 Å². The first-order valence-electron chi connectivity index (χ1n) is 12.5. The maximum atomic E-state index is 13.3. The van der Waals surface area contributed by atoms with E-state index in [0.717, 1.165) is 25.2 Å². The molecule has 1 aromatic carbocycles. The number of aliphatic hydroxyl groups is 1. The average molecular weight is 500 g/mol. The summed E-state index contributed by atoms with van der Waals surface area (Å²) in [6, 6.07) is 9.99. The molecule has 37 heavy (non-hydrogen) atoms. The van der Waals surface area contributed by atoms with Gasteiger partial charge < -0.3 is 15.7 Å². The van der Waals surface area contributed by atoms with Gasteiger partial charge in [-0.15, -0.1) is 6.58 Å². The molecule has 3 N–H and O–H groups in total. The number of rotatable bonds is 7. The van der Waals surface area contributed by atoms with Crippen molar-refractivity contribution in [3.05, 3.63) is 82.6 Å². The smallest absolute Gasteiger partial charge is 0.278 e. The lowest BCUT2D eigenvalue weighted by molar-refractivity contribution is 0.00776. The van der Waals surface area contributed by atoms with E-state index < -0.39 is 11.0 Å². The summed E-state index contributed by atoms with van der Waals surface area (Å²) >= 11 is 0. The molecule has 0 amide bonds. The number of benzene rings is 1. The zero-order valence-electron chi connectivity index (χ0n) is 21.7. The predicted octanol–water partition coefficient (Wildman–Crippen LogP) is 3.60. The minimum Gasteiger partial charge on any atom is -0.390 e. The number of nitrogens with zero attached hydrogens (tertiary/aromatic N) is 5. The number of hydrogen-bond acceptors (Lipinski definition) is 7. The highest BCUT2D eigenvalue weighted by molar-refractivity contribution is 5.77. The molecule has 192 valence electrons. The van der Waals surface area contributed by atoms with E-state index in [-0.39, 0.29) is 5.56 Å². The molecule has 0 aliphatic carbocycles. The van der Waals surface area contributed by atoms with Gasteiger partial charge in [0.05, 0.1) is 23.5 Å². The molecule has 4 aromatic rings. The van der Waals surface area contributed by atoms with Crippen LogP contribution in [0.4, 0.5) is 11.6 Å². The fourth-order valence-electron chi connectivity index (χ4n) is 4.53. The van der Waals surface area contributed by atoms with Crippen molar-refractivity contribution in [1.82, 2.24) is 29.6 Å². The fraction of sp³-hybridized carbons (Fsp3) is 0.357. The number of allylic oxidation sites excluding steroid dienone is 1. The van der Waals surface area contributed by atoms with Gasteiger partial charge in [-0.1, -0.05) is 26.0 Å². The maximum absolute atomic E-state index is 13.3. The van der Waals surface area contributed by atoms with Crippen LogP contribution in [0.5, 0.6) is 0 Å². The SMILES string of the molecule is C=CCn1c(=O)c2cnc(Nc3ccc4c(c3)CNCC4)nc2n1-c1ccnc(C(C)(C)C(C)(C)O)c1. The molecule has 0 bridgehead atoms. The van der Waals surface area contributed by atoms with Crippen LogP contribution in [0.25, 0.3) is 16.7 Å². The first-order chi connectivity index (χ1) is 17.6. The summed E-state index contributed by atoms with van der Waals surface area (Å²) in [4.78, 5) is 27.1. The van der Waals surface area contributed by atoms with E-state index in [2.05, 4.69) is 39.3 Å². The van der Waals surface area contributed by atoms with Gasteiger partial charge in [0.25, 0.3) is 5.56 Å². The van der Waals surface area contributed by atoms with E-state index in [1.807, 2.05) is 32.0 Å². The molecule has 0 radical (unpaired) electrons. The number of aromatic nitrogens is 5. The van der Waals surface area contributed by atoms with Crippen LogP contribution in [0, 0.1) is 0 Å². The molecule has 0 saturated carbocycles. The number of fused-ring (bicyclic) bond motifs is 2. The number of hydrogen-bond donors (Lipinski definition) is 3. The van der Waals surface area contributed by atoms with Crippen LogP contribution >= 0.6 is 0 Å². The first-order valence-corrected chi connectivity index (χ1v) is 12.5. The van der Waals surface area contributed by atoms with E-state index >= 15 is 0 Å². The molecule has 1 aliphatic heterocycles. The summed E-state index contributed by atoms with van der Waals surface area (Å²) in [5.74, 6) is 0.395. The Morgan fingerprint density at radius 2 is 1.97 bits per heavy atom. The van der Waals surface area contributed by atoms with Gasteiger partial charge >= 0.3 is 0 Å². The van der Waals surface area contributed by atoms with Gasteiger partial charge in [0, 0.05) is 30.0 Å². The zero-order valence-corrected chi connectivity index (χ0v) is 21.7. The third kappa shape index (κ3) is 4.45. The number of nitrogens with one attached hydrogen (secondary N) is 2. The molecule has 0 saturated heterocycles. The lowest BCUT2D eigenvalue weighted by Crippen LogP contribution is -2.43. The highest BCUT2D eigenvalue weighted by atomic mass is 16.3. The molecule has 9 heteroatoms. The minimum atomic E-state index is -1.01. The second-order valence-electron chi connectivity index (χ2n) is 10.5. The van der Waals surface area contributed by atoms with Crippen molar-refractivity contribution in [2.24, 2.45) is 0 Å². The van der Waals surface area contributed by atoms with E-state index in [0.29, 0.717) is 34.9 Å². The van der Waals surface area contributed by atoms with E-state index in [1.165, 1.54) is 11.1 Å². The second kappa shape index (κ2) is 9.24. The molecule has 0 atom stereocenters. The minimum absolute atomic E-state index is 0.207. The Balaban J connectivity index is 1.62. The lowest BCUT2D eigenvalue weighted by Gasteiger charge is -2.36. The standard InChI is InChI=1S/C28H33N7O2/c1-6-13-34-25(36)22-17-31-26(32-20-8-7-18-9-11-29-16-19(18)14-20)33-24(22)35(34)21-10-12-30-23(15-21)27(2,3)28(4,5)37/h6-8,10,12,14-15,17,29,37H,1,9,11,13,16H2,2-5H3,(H,31,32,33). The highest BCUT2D eigenvalue weighted by Gasteiger charge is 2.38. The van der Waals surface area contributed by atoms with Gasteiger partial charge in [-0.3, -0.25) is 9.78 Å². The van der Waals surface area contributed by atoms with Gasteiger partial charge in [-0.05, 0) is 62.2 Å². The molecular weight excluding hydrogens is 466 g/mol. The molecule has 0 unspecified atom stereocenters. The summed E-state index contributed by atoms with van der Waals surface area (Å²) in [6.07, 6.45) is 5.94. The molecule has 4 heterocycles. The number of anilines is 2. The van der Waals surface area contributed by atoms with Crippen LogP contribution in [0.2, 0.25) is 0 Å². The van der Waals surface area contributed by atoms with Crippen molar-refractivity contribution in [3.63, 3.8) is 0 Å². The molecule has 0 spiro atoms. The van der Waals surface area contributed by atoms with Gasteiger partial charge in [0.2, 0.25) is 5.95 Å². The number of pyridine rings is 1. The summed E-state index contributed by atoms with van der Waals surface area (Å²) in [6.45, 7) is 13.4. The fourth-order valence-corrected chi connectivity index (χ4v) is 4.53. The lowest BCUT2D eigenvalue weighted by atomic mass is 9.74. The van der Waals surface area contributed by atoms with Gasteiger partial charge in [-0.2, -0.15) is 4.98 Å². The van der Waals surface area contributed by atoms with E-state index in [4.69, 9.17) is 4.98 Å². The third-order valence-corrected chi connectivity index (χ3v) is 7.48. The first kappa shape index (κ1) is 24.9. The molecular formula is C28H33N7O2. The average Bonchev–Trinajstić information content (AvgIpc) is 3.14. The van der Waals surface area contributed by atoms with Crippen LogP contribution in [-0.2, 0) is 24.9 Å². The molecule has 1 aliphatic rings. The maximum Gasteiger partial charge on any atom is 0.278 e. The van der Waals surface area contributed by atoms with Crippen molar-refractivity contribution in [2.75, 3.05) is 11.9 Å². The Kier molecular flexibility index (Phi) is 6.21. The topological polar surface area (TPSA) is 110 Å². The van der Waals surface area contributed by atoms with Crippen molar-refractivity contribution in [1.29, 1.82) is 0 Å². The second-order valence-corrected chi connectivity index (χ2v) is 10.5. The Hall–Kier alpha value is -3.82. The van der Waals surface area contributed by atoms with Gasteiger partial charge in [0.15, 0.2) is 5.65 Å². The Morgan fingerprint density at radius 3 is 2.73 bits per heavy atom. The van der Waals surface area contributed by atoms with E-state index in [1.54, 1.807) is 41.7 Å². The highest BCUT2D eigenvalue weighted by Crippen LogP contribution is 2.34. The third-order valence-electron chi connectivity index (χ3n) is 7.48. The van der Waals surface area contributed by atoms with E-state index in [9.17, 15) is 9.90 Å².